The van der Waals surface area contributed by atoms with Crippen LogP contribution in [0, 0.1) is 47.3 Å². The summed E-state index contributed by atoms with van der Waals surface area (Å²) in [5, 5.41) is 0. The first-order valence-electron chi connectivity index (χ1n) is 11.2. The number of hydrogen-bond acceptors (Lipinski definition) is 0. The van der Waals surface area contributed by atoms with Gasteiger partial charge >= 0.3 is 0 Å². The first-order valence-corrected chi connectivity index (χ1v) is 11.2. The highest BCUT2D eigenvalue weighted by Gasteiger charge is 2.68. The predicted molar refractivity (Wildman–Crippen MR) is 108 cm³/mol. The minimum atomic E-state index is 0.324. The Morgan fingerprint density at radius 1 is 0.593 bits per heavy atom. The lowest BCUT2D eigenvalue weighted by molar-refractivity contribution is 0.108. The van der Waals surface area contributed by atoms with Gasteiger partial charge in [-0.3, -0.25) is 0 Å². The van der Waals surface area contributed by atoms with Crippen molar-refractivity contribution < 1.29 is 0 Å². The number of allylic oxidation sites excluding steroid dienone is 2. The van der Waals surface area contributed by atoms with E-state index in [1.807, 2.05) is 0 Å². The highest BCUT2D eigenvalue weighted by molar-refractivity contribution is 5.81. The Hall–Kier alpha value is -1.82. The van der Waals surface area contributed by atoms with E-state index in [-0.39, 0.29) is 0 Å². The van der Waals surface area contributed by atoms with Crippen molar-refractivity contribution in [1.29, 1.82) is 0 Å². The molecule has 8 unspecified atom stereocenters. The van der Waals surface area contributed by atoms with Gasteiger partial charge in [-0.05, 0) is 95.3 Å². The van der Waals surface area contributed by atoms with Crippen LogP contribution in [0.2, 0.25) is 0 Å². The first-order chi connectivity index (χ1) is 13.4. The van der Waals surface area contributed by atoms with Crippen LogP contribution in [0.3, 0.4) is 0 Å². The molecule has 6 aliphatic carbocycles. The fourth-order valence-electron chi connectivity index (χ4n) is 9.64. The molecule has 0 amide bonds. The summed E-state index contributed by atoms with van der Waals surface area (Å²) in [5.41, 5.74) is 6.70. The van der Waals surface area contributed by atoms with E-state index < -0.39 is 0 Å². The van der Waals surface area contributed by atoms with E-state index in [2.05, 4.69) is 60.7 Å². The van der Waals surface area contributed by atoms with Gasteiger partial charge in [0.25, 0.3) is 0 Å². The number of rotatable bonds is 0. The van der Waals surface area contributed by atoms with Crippen molar-refractivity contribution in [3.63, 3.8) is 0 Å². The third-order valence-electron chi connectivity index (χ3n) is 10.1. The average Bonchev–Trinajstić information content (AvgIpc) is 3.52. The van der Waals surface area contributed by atoms with Crippen molar-refractivity contribution in [1.82, 2.24) is 0 Å². The van der Waals surface area contributed by atoms with E-state index in [0.717, 1.165) is 47.3 Å². The maximum atomic E-state index is 2.60. The van der Waals surface area contributed by atoms with Crippen molar-refractivity contribution in [2.45, 2.75) is 31.1 Å². The fraction of sp³-hybridized carbons (Fsp3) is 0.481. The van der Waals surface area contributed by atoms with Crippen LogP contribution in [0.5, 0.6) is 0 Å². The summed E-state index contributed by atoms with van der Waals surface area (Å²) in [7, 11) is 0. The molecule has 0 saturated heterocycles. The van der Waals surface area contributed by atoms with E-state index >= 15 is 0 Å². The van der Waals surface area contributed by atoms with Gasteiger partial charge in [0.2, 0.25) is 0 Å². The minimum absolute atomic E-state index is 0.324. The van der Waals surface area contributed by atoms with Gasteiger partial charge in [-0.15, -0.1) is 0 Å². The summed E-state index contributed by atoms with van der Waals surface area (Å²) in [6, 6.07) is 18.7. The Balaban J connectivity index is 1.29. The van der Waals surface area contributed by atoms with Crippen LogP contribution in [-0.4, -0.2) is 0 Å². The Labute approximate surface area is 161 Å². The maximum absolute atomic E-state index is 2.60. The summed E-state index contributed by atoms with van der Waals surface area (Å²) in [6.45, 7) is 0. The molecular weight excluding hydrogens is 324 g/mol. The van der Waals surface area contributed by atoms with Crippen molar-refractivity contribution in [2.24, 2.45) is 47.3 Å². The quantitative estimate of drug-likeness (QED) is 0.400. The molecule has 0 radical (unpaired) electrons. The Morgan fingerprint density at radius 2 is 1.11 bits per heavy atom. The van der Waals surface area contributed by atoms with E-state index in [1.54, 1.807) is 17.5 Å². The standard InChI is InChI=1S/C27H26/c1-3-7-23-17(5-1)18-6-2-4-8-24(18)27(23)13-21-19-12-20(22(21)14-27)26-16-10-9-15(11-16)25(19)26/h1-10,15-16,19-22,25-26H,11-14H2. The van der Waals surface area contributed by atoms with Crippen LogP contribution in [-0.2, 0) is 5.41 Å². The Kier molecular flexibility index (Phi) is 2.33. The molecule has 27 heavy (non-hydrogen) atoms. The van der Waals surface area contributed by atoms with Crippen LogP contribution >= 0.6 is 0 Å². The van der Waals surface area contributed by atoms with Crippen LogP contribution in [0.15, 0.2) is 60.7 Å². The molecule has 2 aromatic rings. The minimum Gasteiger partial charge on any atom is -0.0848 e. The number of hydrogen-bond donors (Lipinski definition) is 0. The number of fused-ring (bicyclic) bond motifs is 17. The van der Waals surface area contributed by atoms with Crippen molar-refractivity contribution >= 4 is 0 Å². The van der Waals surface area contributed by atoms with Crippen molar-refractivity contribution in [3.8, 4) is 11.1 Å². The van der Waals surface area contributed by atoms with E-state index in [1.165, 1.54) is 30.4 Å². The Morgan fingerprint density at radius 3 is 1.67 bits per heavy atom. The molecule has 0 heteroatoms. The summed E-state index contributed by atoms with van der Waals surface area (Å²) in [4.78, 5) is 0. The largest absolute Gasteiger partial charge is 0.0848 e. The highest BCUT2D eigenvalue weighted by atomic mass is 14.7. The molecule has 4 bridgehead atoms. The van der Waals surface area contributed by atoms with Gasteiger partial charge in [-0.2, -0.15) is 0 Å². The third-order valence-corrected chi connectivity index (χ3v) is 10.1. The van der Waals surface area contributed by atoms with Crippen molar-refractivity contribution in [2.75, 3.05) is 0 Å². The molecular formula is C27H26. The summed E-state index contributed by atoms with van der Waals surface area (Å²) >= 11 is 0. The first kappa shape index (κ1) is 14.2. The molecule has 4 saturated carbocycles. The van der Waals surface area contributed by atoms with Gasteiger partial charge in [0, 0.05) is 5.41 Å². The lowest BCUT2D eigenvalue weighted by Crippen LogP contribution is -2.34. The molecule has 2 aromatic carbocycles. The Bertz CT molecular complexity index is 933. The monoisotopic (exact) mass is 350 g/mol. The summed E-state index contributed by atoms with van der Waals surface area (Å²) < 4.78 is 0. The van der Waals surface area contributed by atoms with Crippen LogP contribution < -0.4 is 0 Å². The SMILES string of the molecule is C1=CC2CC1C1C3CC(C4CC5(CC43)c3ccccc3-c3ccccc35)C21. The average molecular weight is 351 g/mol. The third kappa shape index (κ3) is 1.43. The molecule has 6 aliphatic rings. The zero-order chi connectivity index (χ0) is 17.3. The molecule has 0 heterocycles. The van der Waals surface area contributed by atoms with Gasteiger partial charge < -0.3 is 0 Å². The smallest absolute Gasteiger partial charge is 0.0220 e. The zero-order valence-electron chi connectivity index (χ0n) is 15.7. The molecule has 0 nitrogen and oxygen atoms in total. The maximum Gasteiger partial charge on any atom is 0.0220 e. The van der Waals surface area contributed by atoms with Crippen LogP contribution in [0.25, 0.3) is 11.1 Å². The topological polar surface area (TPSA) is 0 Å². The van der Waals surface area contributed by atoms with Crippen molar-refractivity contribution in [3.05, 3.63) is 71.8 Å². The van der Waals surface area contributed by atoms with E-state index in [4.69, 9.17) is 0 Å². The van der Waals surface area contributed by atoms with Gasteiger partial charge in [0.05, 0.1) is 0 Å². The van der Waals surface area contributed by atoms with Gasteiger partial charge in [-0.1, -0.05) is 60.7 Å². The van der Waals surface area contributed by atoms with Crippen LogP contribution in [0.4, 0.5) is 0 Å². The second-order valence-corrected chi connectivity index (χ2v) is 10.6. The molecule has 8 atom stereocenters. The van der Waals surface area contributed by atoms with E-state index in [9.17, 15) is 0 Å². The molecule has 8 rings (SSSR count). The van der Waals surface area contributed by atoms with E-state index in [0.29, 0.717) is 5.41 Å². The van der Waals surface area contributed by atoms with Gasteiger partial charge in [0.1, 0.15) is 0 Å². The summed E-state index contributed by atoms with van der Waals surface area (Å²) in [5.74, 6) is 8.02. The molecule has 0 aliphatic heterocycles. The van der Waals surface area contributed by atoms with Gasteiger partial charge in [-0.25, -0.2) is 0 Å². The second-order valence-electron chi connectivity index (χ2n) is 10.6. The van der Waals surface area contributed by atoms with Crippen LogP contribution in [0.1, 0.15) is 36.8 Å². The predicted octanol–water partition coefficient (Wildman–Crippen LogP) is 6.07. The normalized spacial score (nSPS) is 45.3. The molecule has 0 aromatic heterocycles. The summed E-state index contributed by atoms with van der Waals surface area (Å²) in [6.07, 6.45) is 11.1. The molecule has 134 valence electrons. The molecule has 4 fully saturated rings. The molecule has 1 spiro atoms. The number of benzene rings is 2. The zero-order valence-corrected chi connectivity index (χ0v) is 15.7. The lowest BCUT2D eigenvalue weighted by atomic mass is 9.66. The fourth-order valence-corrected chi connectivity index (χ4v) is 9.64. The molecule has 0 N–H and O–H groups in total. The highest BCUT2D eigenvalue weighted by Crippen LogP contribution is 2.75. The second kappa shape index (κ2) is 4.43. The van der Waals surface area contributed by atoms with Gasteiger partial charge in [0.15, 0.2) is 0 Å². The lowest BCUT2D eigenvalue weighted by Gasteiger charge is -2.39.